The van der Waals surface area contributed by atoms with Crippen LogP contribution in [0.15, 0.2) is 0 Å². The van der Waals surface area contributed by atoms with Crippen LogP contribution in [-0.2, 0) is 23.9 Å². The van der Waals surface area contributed by atoms with Crippen LogP contribution in [0.25, 0.3) is 0 Å². The number of alkyl halides is 1. The van der Waals surface area contributed by atoms with Crippen LogP contribution in [0.3, 0.4) is 0 Å². The summed E-state index contributed by atoms with van der Waals surface area (Å²) in [5.74, 6) is -5.75. The Morgan fingerprint density at radius 1 is 0.760 bits per heavy atom. The number of rotatable bonds is 5. The molecule has 25 heavy (non-hydrogen) atoms. The van der Waals surface area contributed by atoms with Gasteiger partial charge in [0.25, 0.3) is 4.70 Å². The molecule has 0 saturated carbocycles. The first-order chi connectivity index (χ1) is 11.0. The highest BCUT2D eigenvalue weighted by atomic mass is 79.9. The maximum absolute atomic E-state index is 12.2. The molecule has 0 aromatic heterocycles. The zero-order valence-corrected chi connectivity index (χ0v) is 15.4. The molecule has 0 aromatic rings. The van der Waals surface area contributed by atoms with Crippen LogP contribution < -0.4 is 0 Å². The first-order valence-electron chi connectivity index (χ1n) is 6.98. The van der Waals surface area contributed by atoms with E-state index in [2.05, 4.69) is 15.9 Å². The number of carbonyl (C=O) groups excluding carboxylic acids is 4. The zero-order valence-electron chi connectivity index (χ0n) is 13.9. The second-order valence-corrected chi connectivity index (χ2v) is 7.08. The second-order valence-electron chi connectivity index (χ2n) is 6.00. The van der Waals surface area contributed by atoms with Gasteiger partial charge in [-0.25, -0.2) is 0 Å². The summed E-state index contributed by atoms with van der Waals surface area (Å²) in [6, 6.07) is 0. The van der Waals surface area contributed by atoms with Gasteiger partial charge in [-0.2, -0.15) is 0 Å². The molecule has 1 saturated heterocycles. The molecule has 1 aliphatic rings. The molecule has 0 amide bonds. The first-order valence-corrected chi connectivity index (χ1v) is 7.77. The van der Waals surface area contributed by atoms with Crippen molar-refractivity contribution in [1.29, 1.82) is 0 Å². The molecule has 142 valence electrons. The van der Waals surface area contributed by atoms with Gasteiger partial charge in [-0.3, -0.25) is 19.2 Å². The molecule has 0 radical (unpaired) electrons. The van der Waals surface area contributed by atoms with E-state index in [4.69, 9.17) is 4.74 Å². The summed E-state index contributed by atoms with van der Waals surface area (Å²) in [7, 11) is 0. The van der Waals surface area contributed by atoms with Gasteiger partial charge < -0.3 is 30.3 Å². The van der Waals surface area contributed by atoms with E-state index in [1.54, 1.807) is 0 Å². The Kier molecular flexibility index (Phi) is 5.25. The molecule has 0 aliphatic carbocycles. The van der Waals surface area contributed by atoms with E-state index in [9.17, 15) is 44.7 Å². The van der Waals surface area contributed by atoms with Gasteiger partial charge in [-0.1, -0.05) is 0 Å². The largest absolute Gasteiger partial charge is 0.393 e. The van der Waals surface area contributed by atoms with Crippen LogP contribution in [0.2, 0.25) is 0 Å². The lowest BCUT2D eigenvalue weighted by Gasteiger charge is -2.62. The predicted molar refractivity (Wildman–Crippen MR) is 82.4 cm³/mol. The number of hydrogen-bond donors (Lipinski definition) is 5. The molecule has 5 atom stereocenters. The van der Waals surface area contributed by atoms with Crippen LogP contribution in [0.1, 0.15) is 27.7 Å². The highest BCUT2D eigenvalue weighted by Gasteiger charge is 2.87. The van der Waals surface area contributed by atoms with E-state index in [0.717, 1.165) is 6.92 Å². The summed E-state index contributed by atoms with van der Waals surface area (Å²) >= 11 is 2.41. The Hall–Kier alpha value is -1.08. The lowest BCUT2D eigenvalue weighted by molar-refractivity contribution is -0.391. The highest BCUT2D eigenvalue weighted by Crippen LogP contribution is 2.56. The summed E-state index contributed by atoms with van der Waals surface area (Å²) in [5.41, 5.74) is -14.0. The summed E-state index contributed by atoms with van der Waals surface area (Å²) in [6.45, 7) is 1.16. The standard InChI is InChI=1S/C14H19BrO10/c1-6(17)10(5-16)11(21,7(2)18)12(22,8(3)19)13(23,9(4)20)14(15,24)25-10/h16,21-24H,5H2,1-4H3/t10-,11-,12-,13+,14+/m0/s1. The lowest BCUT2D eigenvalue weighted by atomic mass is 9.56. The number of hydrogen-bond acceptors (Lipinski definition) is 10. The average molecular weight is 427 g/mol. The van der Waals surface area contributed by atoms with Gasteiger partial charge in [0, 0.05) is 0 Å². The molecule has 1 heterocycles. The molecule has 10 nitrogen and oxygen atoms in total. The molecule has 0 unspecified atom stereocenters. The van der Waals surface area contributed by atoms with E-state index < -0.39 is 56.8 Å². The Bertz CT molecular complexity index is 660. The third-order valence-electron chi connectivity index (χ3n) is 4.71. The average Bonchev–Trinajstić information content (AvgIpc) is 2.47. The lowest BCUT2D eigenvalue weighted by Crippen LogP contribution is -2.92. The predicted octanol–water partition coefficient (Wildman–Crippen LogP) is -2.66. The van der Waals surface area contributed by atoms with Crippen molar-refractivity contribution in [1.82, 2.24) is 0 Å². The first kappa shape index (κ1) is 22.0. The fourth-order valence-corrected chi connectivity index (χ4v) is 4.10. The van der Waals surface area contributed by atoms with Crippen LogP contribution in [0, 0.1) is 0 Å². The smallest absolute Gasteiger partial charge is 0.266 e. The van der Waals surface area contributed by atoms with E-state index in [1.165, 1.54) is 0 Å². The molecular formula is C14H19BrO10. The van der Waals surface area contributed by atoms with Crippen molar-refractivity contribution in [2.75, 3.05) is 6.61 Å². The molecule has 0 aromatic carbocycles. The zero-order chi connectivity index (χ0) is 20.2. The maximum Gasteiger partial charge on any atom is 0.266 e. The van der Waals surface area contributed by atoms with Gasteiger partial charge in [0.2, 0.25) is 16.8 Å². The normalized spacial score (nSPS) is 44.2. The van der Waals surface area contributed by atoms with Crippen LogP contribution in [-0.4, -0.2) is 82.4 Å². The fourth-order valence-electron chi connectivity index (χ4n) is 3.26. The monoisotopic (exact) mass is 426 g/mol. The number of Topliss-reactive ketones (excluding diaryl/α,β-unsaturated/α-hetero) is 4. The van der Waals surface area contributed by atoms with Gasteiger partial charge in [0.05, 0.1) is 6.61 Å². The van der Waals surface area contributed by atoms with Gasteiger partial charge in [-0.15, -0.1) is 0 Å². The second kappa shape index (κ2) is 5.98. The number of ketones is 4. The Labute approximate surface area is 150 Å². The molecule has 1 rings (SSSR count). The number of aliphatic hydroxyl groups is 5. The van der Waals surface area contributed by atoms with Crippen molar-refractivity contribution in [3.05, 3.63) is 0 Å². The van der Waals surface area contributed by atoms with Crippen LogP contribution >= 0.6 is 15.9 Å². The third-order valence-corrected chi connectivity index (χ3v) is 5.44. The van der Waals surface area contributed by atoms with Crippen molar-refractivity contribution in [3.8, 4) is 0 Å². The van der Waals surface area contributed by atoms with Crippen LogP contribution in [0.4, 0.5) is 0 Å². The van der Waals surface area contributed by atoms with Crippen LogP contribution in [0.5, 0.6) is 0 Å². The maximum atomic E-state index is 12.2. The van der Waals surface area contributed by atoms with Crippen molar-refractivity contribution in [2.45, 2.75) is 54.8 Å². The Morgan fingerprint density at radius 3 is 1.36 bits per heavy atom. The molecule has 0 bridgehead atoms. The Balaban J connectivity index is 4.21. The molecule has 1 aliphatic heterocycles. The van der Waals surface area contributed by atoms with E-state index in [-0.39, 0.29) is 0 Å². The molecule has 5 N–H and O–H groups in total. The topological polar surface area (TPSA) is 179 Å². The number of ether oxygens (including phenoxy) is 1. The van der Waals surface area contributed by atoms with Crippen molar-refractivity contribution in [2.24, 2.45) is 0 Å². The third kappa shape index (κ3) is 2.17. The number of aliphatic hydroxyl groups excluding tert-OH is 1. The minimum absolute atomic E-state index is 0.610. The van der Waals surface area contributed by atoms with E-state index in [0.29, 0.717) is 20.8 Å². The summed E-state index contributed by atoms with van der Waals surface area (Å²) in [4.78, 5) is 48.6. The van der Waals surface area contributed by atoms with Gasteiger partial charge in [0.15, 0.2) is 28.7 Å². The van der Waals surface area contributed by atoms with E-state index >= 15 is 0 Å². The Morgan fingerprint density at radius 2 is 1.12 bits per heavy atom. The highest BCUT2D eigenvalue weighted by molar-refractivity contribution is 9.10. The van der Waals surface area contributed by atoms with Gasteiger partial charge >= 0.3 is 0 Å². The van der Waals surface area contributed by atoms with Crippen molar-refractivity contribution >= 4 is 39.1 Å². The van der Waals surface area contributed by atoms with Crippen molar-refractivity contribution < 1.29 is 49.4 Å². The van der Waals surface area contributed by atoms with Gasteiger partial charge in [0.1, 0.15) is 0 Å². The molecular weight excluding hydrogens is 408 g/mol. The summed E-state index contributed by atoms with van der Waals surface area (Å²) in [6.07, 6.45) is 0. The SMILES string of the molecule is CC(=O)[C@]1(O)[C@](O)(C(C)=O)[C@](CO)(C(C)=O)O[C@@](O)(Br)[C@@]1(O)C(C)=O. The summed E-state index contributed by atoms with van der Waals surface area (Å²) < 4.78 is 1.57. The van der Waals surface area contributed by atoms with Crippen molar-refractivity contribution in [3.63, 3.8) is 0 Å². The minimum atomic E-state index is -3.75. The molecule has 0 spiro atoms. The molecule has 1 fully saturated rings. The quantitative estimate of drug-likeness (QED) is 0.291. The van der Waals surface area contributed by atoms with E-state index in [1.807, 2.05) is 0 Å². The minimum Gasteiger partial charge on any atom is -0.393 e. The number of halogens is 1. The van der Waals surface area contributed by atoms with Gasteiger partial charge in [-0.05, 0) is 43.6 Å². The molecule has 11 heteroatoms. The number of carbonyl (C=O) groups is 4. The summed E-state index contributed by atoms with van der Waals surface area (Å²) in [5, 5.41) is 52.7. The fraction of sp³-hybridized carbons (Fsp3) is 0.714.